The summed E-state index contributed by atoms with van der Waals surface area (Å²) in [6, 6.07) is 1.51. The van der Waals surface area contributed by atoms with Crippen molar-refractivity contribution in [2.45, 2.75) is 20.4 Å². The first kappa shape index (κ1) is 13.5. The van der Waals surface area contributed by atoms with Crippen LogP contribution in [0.5, 0.6) is 0 Å². The minimum absolute atomic E-state index is 0.0465. The monoisotopic (exact) mass is 240 g/mol. The van der Waals surface area contributed by atoms with Crippen molar-refractivity contribution in [3.63, 3.8) is 0 Å². The molecule has 17 heavy (non-hydrogen) atoms. The highest BCUT2D eigenvalue weighted by Crippen LogP contribution is 2.09. The molecule has 0 aromatic carbocycles. The first-order valence-electron chi connectivity index (χ1n) is 5.69. The molecule has 0 fully saturated rings. The van der Waals surface area contributed by atoms with Crippen molar-refractivity contribution in [3.8, 4) is 0 Å². The molecule has 6 heteroatoms. The lowest BCUT2D eigenvalue weighted by Gasteiger charge is -2.17. The van der Waals surface area contributed by atoms with Gasteiger partial charge in [-0.1, -0.05) is 13.8 Å². The Balaban J connectivity index is 2.62. The summed E-state index contributed by atoms with van der Waals surface area (Å²) in [7, 11) is 1.63. The van der Waals surface area contributed by atoms with Gasteiger partial charge in [0.25, 0.3) is 0 Å². The van der Waals surface area contributed by atoms with Gasteiger partial charge >= 0.3 is 6.03 Å². The van der Waals surface area contributed by atoms with Crippen LogP contribution in [0.25, 0.3) is 0 Å². The van der Waals surface area contributed by atoms with Crippen molar-refractivity contribution < 1.29 is 9.90 Å². The Morgan fingerprint density at radius 1 is 1.65 bits per heavy atom. The molecule has 2 N–H and O–H groups in total. The Kier molecular flexibility index (Phi) is 4.96. The largest absolute Gasteiger partial charge is 0.395 e. The molecular weight excluding hydrogens is 220 g/mol. The van der Waals surface area contributed by atoms with Crippen molar-refractivity contribution >= 4 is 11.8 Å². The number of carbonyl (C=O) groups excluding carboxylic acids is 1. The molecule has 0 radical (unpaired) electrons. The van der Waals surface area contributed by atoms with Gasteiger partial charge in [0, 0.05) is 26.2 Å². The fourth-order valence-corrected chi connectivity index (χ4v) is 1.39. The summed E-state index contributed by atoms with van der Waals surface area (Å²) < 4.78 is 1.76. The van der Waals surface area contributed by atoms with E-state index < -0.39 is 0 Å². The van der Waals surface area contributed by atoms with Crippen LogP contribution < -0.4 is 5.32 Å². The highest BCUT2D eigenvalue weighted by molar-refractivity contribution is 5.88. The average molecular weight is 240 g/mol. The molecule has 0 aliphatic carbocycles. The number of amides is 2. The molecule has 0 spiro atoms. The number of carbonyl (C=O) groups is 1. The van der Waals surface area contributed by atoms with E-state index in [4.69, 9.17) is 5.11 Å². The topological polar surface area (TPSA) is 70.4 Å². The standard InChI is InChI=1S/C11H20N4O2/c1-9(2)8-15-10(4-5-12-15)13-11(17)14(3)6-7-16/h4-5,9,16H,6-8H2,1-3H3,(H,13,17). The minimum Gasteiger partial charge on any atom is -0.395 e. The van der Waals surface area contributed by atoms with E-state index in [2.05, 4.69) is 24.3 Å². The average Bonchev–Trinajstić information content (AvgIpc) is 2.65. The van der Waals surface area contributed by atoms with E-state index in [-0.39, 0.29) is 12.6 Å². The van der Waals surface area contributed by atoms with Crippen LogP contribution in [0.4, 0.5) is 10.6 Å². The van der Waals surface area contributed by atoms with Gasteiger partial charge in [0.1, 0.15) is 5.82 Å². The molecule has 1 aromatic heterocycles. The molecule has 0 aliphatic heterocycles. The number of aliphatic hydroxyl groups is 1. The third-order valence-corrected chi connectivity index (χ3v) is 2.27. The second-order valence-corrected chi connectivity index (χ2v) is 4.37. The summed E-state index contributed by atoms with van der Waals surface area (Å²) in [6.07, 6.45) is 1.66. The Labute approximate surface area is 101 Å². The molecule has 1 aromatic rings. The van der Waals surface area contributed by atoms with E-state index in [1.165, 1.54) is 4.90 Å². The summed E-state index contributed by atoms with van der Waals surface area (Å²) >= 11 is 0. The number of nitrogens with one attached hydrogen (secondary N) is 1. The van der Waals surface area contributed by atoms with Crippen LogP contribution in [0.2, 0.25) is 0 Å². The quantitative estimate of drug-likeness (QED) is 0.806. The number of anilines is 1. The third kappa shape index (κ3) is 4.07. The van der Waals surface area contributed by atoms with Crippen LogP contribution >= 0.6 is 0 Å². The lowest BCUT2D eigenvalue weighted by molar-refractivity contribution is 0.202. The van der Waals surface area contributed by atoms with E-state index in [1.54, 1.807) is 24.0 Å². The van der Waals surface area contributed by atoms with Gasteiger partial charge in [-0.15, -0.1) is 0 Å². The number of aliphatic hydroxyl groups excluding tert-OH is 1. The highest BCUT2D eigenvalue weighted by Gasteiger charge is 2.11. The molecule has 0 aliphatic rings. The fourth-order valence-electron chi connectivity index (χ4n) is 1.39. The molecule has 6 nitrogen and oxygen atoms in total. The molecule has 1 rings (SSSR count). The number of aromatic nitrogens is 2. The van der Waals surface area contributed by atoms with E-state index in [0.29, 0.717) is 18.3 Å². The SMILES string of the molecule is CC(C)Cn1nccc1NC(=O)N(C)CCO. The number of likely N-dealkylation sites (N-methyl/N-ethyl adjacent to an activating group) is 1. The predicted molar refractivity (Wildman–Crippen MR) is 65.8 cm³/mol. The van der Waals surface area contributed by atoms with E-state index in [0.717, 1.165) is 6.54 Å². The zero-order valence-corrected chi connectivity index (χ0v) is 10.6. The van der Waals surface area contributed by atoms with Gasteiger partial charge in [-0.05, 0) is 5.92 Å². The maximum absolute atomic E-state index is 11.7. The number of hydrogen-bond acceptors (Lipinski definition) is 3. The van der Waals surface area contributed by atoms with Crippen LogP contribution in [0.3, 0.4) is 0 Å². The van der Waals surface area contributed by atoms with Crippen LogP contribution in [0, 0.1) is 5.92 Å². The Bertz CT molecular complexity index is 362. The van der Waals surface area contributed by atoms with Crippen molar-refractivity contribution in [1.82, 2.24) is 14.7 Å². The van der Waals surface area contributed by atoms with Gasteiger partial charge < -0.3 is 10.0 Å². The molecule has 0 unspecified atom stereocenters. The van der Waals surface area contributed by atoms with Crippen LogP contribution in [-0.4, -0.2) is 46.0 Å². The summed E-state index contributed by atoms with van der Waals surface area (Å²) in [6.45, 7) is 5.20. The zero-order valence-electron chi connectivity index (χ0n) is 10.6. The molecule has 0 saturated heterocycles. The maximum Gasteiger partial charge on any atom is 0.322 e. The van der Waals surface area contributed by atoms with E-state index >= 15 is 0 Å². The summed E-state index contributed by atoms with van der Waals surface area (Å²) in [5, 5.41) is 15.7. The summed E-state index contributed by atoms with van der Waals surface area (Å²) in [4.78, 5) is 13.1. The number of urea groups is 1. The minimum atomic E-state index is -0.246. The van der Waals surface area contributed by atoms with Gasteiger partial charge in [-0.25, -0.2) is 9.48 Å². The number of hydrogen-bond donors (Lipinski definition) is 2. The van der Waals surface area contributed by atoms with Crippen LogP contribution in [-0.2, 0) is 6.54 Å². The number of nitrogens with zero attached hydrogens (tertiary/aromatic N) is 3. The van der Waals surface area contributed by atoms with Crippen molar-refractivity contribution in [2.75, 3.05) is 25.5 Å². The first-order valence-corrected chi connectivity index (χ1v) is 5.69. The molecule has 2 amide bonds. The lowest BCUT2D eigenvalue weighted by atomic mass is 10.2. The van der Waals surface area contributed by atoms with Crippen molar-refractivity contribution in [1.29, 1.82) is 0 Å². The Hall–Kier alpha value is -1.56. The van der Waals surface area contributed by atoms with Crippen LogP contribution in [0.15, 0.2) is 12.3 Å². The zero-order chi connectivity index (χ0) is 12.8. The maximum atomic E-state index is 11.7. The van der Waals surface area contributed by atoms with Crippen molar-refractivity contribution in [2.24, 2.45) is 5.92 Å². The van der Waals surface area contributed by atoms with Gasteiger partial charge in [0.2, 0.25) is 0 Å². The fraction of sp³-hybridized carbons (Fsp3) is 0.636. The predicted octanol–water partition coefficient (Wildman–Crippen LogP) is 0.995. The smallest absolute Gasteiger partial charge is 0.322 e. The number of rotatable bonds is 5. The molecule has 0 atom stereocenters. The van der Waals surface area contributed by atoms with Crippen LogP contribution in [0.1, 0.15) is 13.8 Å². The van der Waals surface area contributed by atoms with E-state index in [1.807, 2.05) is 0 Å². The molecule has 0 bridgehead atoms. The molecule has 1 heterocycles. The van der Waals surface area contributed by atoms with Crippen molar-refractivity contribution in [3.05, 3.63) is 12.3 Å². The highest BCUT2D eigenvalue weighted by atomic mass is 16.3. The second kappa shape index (κ2) is 6.24. The Morgan fingerprint density at radius 2 is 2.35 bits per heavy atom. The first-order chi connectivity index (χ1) is 8.04. The summed E-state index contributed by atoms with van der Waals surface area (Å²) in [5.74, 6) is 1.13. The van der Waals surface area contributed by atoms with Gasteiger partial charge in [-0.3, -0.25) is 5.32 Å². The summed E-state index contributed by atoms with van der Waals surface area (Å²) in [5.41, 5.74) is 0. The third-order valence-electron chi connectivity index (χ3n) is 2.27. The van der Waals surface area contributed by atoms with Gasteiger partial charge in [-0.2, -0.15) is 5.10 Å². The van der Waals surface area contributed by atoms with Gasteiger partial charge in [0.15, 0.2) is 0 Å². The second-order valence-electron chi connectivity index (χ2n) is 4.37. The molecule has 96 valence electrons. The Morgan fingerprint density at radius 3 is 2.94 bits per heavy atom. The lowest BCUT2D eigenvalue weighted by Crippen LogP contribution is -2.34. The van der Waals surface area contributed by atoms with Gasteiger partial charge in [0.05, 0.1) is 12.8 Å². The normalized spacial score (nSPS) is 10.6. The molecular formula is C11H20N4O2. The van der Waals surface area contributed by atoms with E-state index in [9.17, 15) is 4.79 Å². The molecule has 0 saturated carbocycles.